The summed E-state index contributed by atoms with van der Waals surface area (Å²) in [6.07, 6.45) is 0. The zero-order valence-corrected chi connectivity index (χ0v) is 14.1. The lowest BCUT2D eigenvalue weighted by molar-refractivity contribution is -0.129. The van der Waals surface area contributed by atoms with Crippen LogP contribution in [0.1, 0.15) is 52.5 Å². The summed E-state index contributed by atoms with van der Waals surface area (Å²) in [6, 6.07) is 8.13. The van der Waals surface area contributed by atoms with Gasteiger partial charge in [-0.15, -0.1) is 0 Å². The number of benzene rings is 1. The van der Waals surface area contributed by atoms with Crippen LogP contribution < -0.4 is 11.1 Å². The maximum absolute atomic E-state index is 12.3. The van der Waals surface area contributed by atoms with Crippen LogP contribution in [0.2, 0.25) is 0 Å². The molecule has 0 aliphatic rings. The van der Waals surface area contributed by atoms with Gasteiger partial charge in [0.1, 0.15) is 5.82 Å². The molecule has 3 N–H and O–H groups in total. The van der Waals surface area contributed by atoms with Crippen molar-refractivity contribution in [1.82, 2.24) is 14.9 Å². The standard InChI is InChI=1S/C17H26N4O/c1-11(2)21-14-9-7-6-8-13(14)20-15(21)12(3)19-16(22)17(4,5)10-18/h6-9,11-12H,10,18H2,1-5H3,(H,19,22). The zero-order valence-electron chi connectivity index (χ0n) is 14.1. The minimum absolute atomic E-state index is 0.0511. The highest BCUT2D eigenvalue weighted by Crippen LogP contribution is 2.25. The third-order valence-electron chi connectivity index (χ3n) is 4.00. The van der Waals surface area contributed by atoms with E-state index in [1.165, 1.54) is 0 Å². The van der Waals surface area contributed by atoms with Crippen LogP contribution in [0.3, 0.4) is 0 Å². The summed E-state index contributed by atoms with van der Waals surface area (Å²) in [5, 5.41) is 3.04. The Balaban J connectivity index is 2.38. The second-order valence-corrected chi connectivity index (χ2v) is 6.71. The normalized spacial score (nSPS) is 13.6. The molecule has 120 valence electrons. The summed E-state index contributed by atoms with van der Waals surface area (Å²) in [7, 11) is 0. The van der Waals surface area contributed by atoms with Crippen LogP contribution in [-0.2, 0) is 4.79 Å². The molecular formula is C17H26N4O. The van der Waals surface area contributed by atoms with E-state index in [1.807, 2.05) is 39.0 Å². The molecule has 0 saturated carbocycles. The summed E-state index contributed by atoms with van der Waals surface area (Å²) in [5.41, 5.74) is 7.14. The molecule has 0 bridgehead atoms. The lowest BCUT2D eigenvalue weighted by Gasteiger charge is -2.25. The Kier molecular flexibility index (Phi) is 4.56. The van der Waals surface area contributed by atoms with Gasteiger partial charge in [-0.05, 0) is 46.8 Å². The molecule has 0 saturated heterocycles. The predicted octanol–water partition coefficient (Wildman–Crippen LogP) is 2.78. The van der Waals surface area contributed by atoms with Gasteiger partial charge in [-0.3, -0.25) is 4.79 Å². The van der Waals surface area contributed by atoms with Crippen molar-refractivity contribution < 1.29 is 4.79 Å². The van der Waals surface area contributed by atoms with E-state index >= 15 is 0 Å². The first kappa shape index (κ1) is 16.5. The molecule has 5 heteroatoms. The van der Waals surface area contributed by atoms with Crippen LogP contribution >= 0.6 is 0 Å². The molecule has 1 aromatic heterocycles. The first-order valence-electron chi connectivity index (χ1n) is 7.76. The molecule has 22 heavy (non-hydrogen) atoms. The van der Waals surface area contributed by atoms with E-state index in [1.54, 1.807) is 0 Å². The number of nitrogens with zero attached hydrogens (tertiary/aromatic N) is 2. The molecule has 0 aliphatic carbocycles. The molecule has 1 unspecified atom stereocenters. The first-order chi connectivity index (χ1) is 10.3. The van der Waals surface area contributed by atoms with Crippen LogP contribution in [0.15, 0.2) is 24.3 Å². The van der Waals surface area contributed by atoms with Gasteiger partial charge in [-0.25, -0.2) is 4.98 Å². The summed E-state index contributed by atoms with van der Waals surface area (Å²) >= 11 is 0. The van der Waals surface area contributed by atoms with Crippen molar-refractivity contribution in [3.05, 3.63) is 30.1 Å². The Morgan fingerprint density at radius 3 is 2.55 bits per heavy atom. The van der Waals surface area contributed by atoms with Crippen LogP contribution in [0.5, 0.6) is 0 Å². The van der Waals surface area contributed by atoms with Gasteiger partial charge in [0.25, 0.3) is 0 Å². The average molecular weight is 302 g/mol. The van der Waals surface area contributed by atoms with Crippen molar-refractivity contribution in [1.29, 1.82) is 0 Å². The smallest absolute Gasteiger partial charge is 0.227 e. The number of imidazole rings is 1. The number of aromatic nitrogens is 2. The number of carbonyl (C=O) groups is 1. The molecule has 1 heterocycles. The maximum atomic E-state index is 12.3. The lowest BCUT2D eigenvalue weighted by Crippen LogP contribution is -2.43. The largest absolute Gasteiger partial charge is 0.346 e. The number of amides is 1. The molecule has 2 aromatic rings. The molecule has 1 aromatic carbocycles. The van der Waals surface area contributed by atoms with Crippen molar-refractivity contribution in [2.75, 3.05) is 6.54 Å². The van der Waals surface area contributed by atoms with Crippen LogP contribution in [0.25, 0.3) is 11.0 Å². The highest BCUT2D eigenvalue weighted by Gasteiger charge is 2.28. The molecule has 0 spiro atoms. The fraction of sp³-hybridized carbons (Fsp3) is 0.529. The van der Waals surface area contributed by atoms with E-state index in [9.17, 15) is 4.79 Å². The number of fused-ring (bicyclic) bond motifs is 1. The van der Waals surface area contributed by atoms with Gasteiger partial charge in [-0.2, -0.15) is 0 Å². The highest BCUT2D eigenvalue weighted by molar-refractivity contribution is 5.82. The number of para-hydroxylation sites is 2. The fourth-order valence-corrected chi connectivity index (χ4v) is 2.46. The number of hydrogen-bond donors (Lipinski definition) is 2. The van der Waals surface area contributed by atoms with Gasteiger partial charge in [-0.1, -0.05) is 12.1 Å². The molecule has 1 atom stereocenters. The van der Waals surface area contributed by atoms with Gasteiger partial charge in [0.15, 0.2) is 0 Å². The Morgan fingerprint density at radius 2 is 1.95 bits per heavy atom. The monoisotopic (exact) mass is 302 g/mol. The molecule has 1 amide bonds. The molecule has 5 nitrogen and oxygen atoms in total. The van der Waals surface area contributed by atoms with Gasteiger partial charge in [0.2, 0.25) is 5.91 Å². The molecular weight excluding hydrogens is 276 g/mol. The topological polar surface area (TPSA) is 72.9 Å². The maximum Gasteiger partial charge on any atom is 0.227 e. The molecule has 0 radical (unpaired) electrons. The van der Waals surface area contributed by atoms with Crippen molar-refractivity contribution in [3.8, 4) is 0 Å². The summed E-state index contributed by atoms with van der Waals surface area (Å²) in [6.45, 7) is 10.2. The van der Waals surface area contributed by atoms with Crippen LogP contribution in [0.4, 0.5) is 0 Å². The number of carbonyl (C=O) groups excluding carboxylic acids is 1. The van der Waals surface area contributed by atoms with Gasteiger partial charge in [0.05, 0.1) is 22.5 Å². The number of hydrogen-bond acceptors (Lipinski definition) is 3. The second kappa shape index (κ2) is 6.08. The number of rotatable bonds is 5. The van der Waals surface area contributed by atoms with Crippen molar-refractivity contribution in [3.63, 3.8) is 0 Å². The van der Waals surface area contributed by atoms with Crippen LogP contribution in [0, 0.1) is 5.41 Å². The summed E-state index contributed by atoms with van der Waals surface area (Å²) < 4.78 is 2.18. The fourth-order valence-electron chi connectivity index (χ4n) is 2.46. The molecule has 2 rings (SSSR count). The van der Waals surface area contributed by atoms with Gasteiger partial charge < -0.3 is 15.6 Å². The SMILES string of the molecule is CC(NC(=O)C(C)(C)CN)c1nc2ccccc2n1C(C)C. The van der Waals surface area contributed by atoms with E-state index in [4.69, 9.17) is 10.7 Å². The third kappa shape index (κ3) is 2.99. The minimum Gasteiger partial charge on any atom is -0.346 e. The Morgan fingerprint density at radius 1 is 1.32 bits per heavy atom. The Hall–Kier alpha value is -1.88. The van der Waals surface area contributed by atoms with E-state index in [0.717, 1.165) is 16.9 Å². The van der Waals surface area contributed by atoms with Crippen molar-refractivity contribution in [2.45, 2.75) is 46.7 Å². The lowest BCUT2D eigenvalue weighted by atomic mass is 9.92. The second-order valence-electron chi connectivity index (χ2n) is 6.71. The van der Waals surface area contributed by atoms with E-state index < -0.39 is 5.41 Å². The quantitative estimate of drug-likeness (QED) is 0.892. The third-order valence-corrected chi connectivity index (χ3v) is 4.00. The van der Waals surface area contributed by atoms with Crippen molar-refractivity contribution in [2.24, 2.45) is 11.1 Å². The summed E-state index contributed by atoms with van der Waals surface area (Å²) in [5.74, 6) is 0.822. The highest BCUT2D eigenvalue weighted by atomic mass is 16.2. The van der Waals surface area contributed by atoms with E-state index in [0.29, 0.717) is 6.54 Å². The number of nitrogens with one attached hydrogen (secondary N) is 1. The van der Waals surface area contributed by atoms with Crippen LogP contribution in [-0.4, -0.2) is 22.0 Å². The van der Waals surface area contributed by atoms with Gasteiger partial charge >= 0.3 is 0 Å². The predicted molar refractivity (Wildman–Crippen MR) is 89.5 cm³/mol. The zero-order chi connectivity index (χ0) is 16.5. The molecule has 0 aliphatic heterocycles. The Labute approximate surface area is 131 Å². The first-order valence-corrected chi connectivity index (χ1v) is 7.76. The summed E-state index contributed by atoms with van der Waals surface area (Å²) in [4.78, 5) is 17.1. The Bertz CT molecular complexity index is 672. The van der Waals surface area contributed by atoms with E-state index in [2.05, 4.69) is 29.8 Å². The number of nitrogens with two attached hydrogens (primary N) is 1. The van der Waals surface area contributed by atoms with Gasteiger partial charge in [0, 0.05) is 12.6 Å². The van der Waals surface area contributed by atoms with Crippen molar-refractivity contribution >= 4 is 16.9 Å². The average Bonchev–Trinajstić information content (AvgIpc) is 2.86. The van der Waals surface area contributed by atoms with E-state index in [-0.39, 0.29) is 18.0 Å². The molecule has 0 fully saturated rings. The minimum atomic E-state index is -0.580.